The second kappa shape index (κ2) is 9.37. The number of likely N-dealkylation sites (tertiary alicyclic amines) is 1. The Morgan fingerprint density at radius 3 is 2.07 bits per heavy atom. The summed E-state index contributed by atoms with van der Waals surface area (Å²) >= 11 is 12.0. The van der Waals surface area contributed by atoms with Crippen LogP contribution in [0.15, 0.2) is 36.4 Å². The van der Waals surface area contributed by atoms with Gasteiger partial charge in [0.15, 0.2) is 0 Å². The monoisotopic (exact) mass is 436 g/mol. The molecule has 1 fully saturated rings. The SMILES string of the molecule is COc1cccc(OC)c1C(=O)N1CCC(C(=O)Nc2cc(Cl)cc(Cl)c2)CC1. The van der Waals surface area contributed by atoms with Crippen molar-refractivity contribution in [2.75, 3.05) is 32.6 Å². The van der Waals surface area contributed by atoms with Gasteiger partial charge in [-0.05, 0) is 43.2 Å². The molecule has 0 spiro atoms. The Morgan fingerprint density at radius 1 is 1.00 bits per heavy atom. The van der Waals surface area contributed by atoms with Gasteiger partial charge in [-0.3, -0.25) is 9.59 Å². The van der Waals surface area contributed by atoms with E-state index in [9.17, 15) is 9.59 Å². The van der Waals surface area contributed by atoms with Crippen LogP contribution in [0.25, 0.3) is 0 Å². The minimum Gasteiger partial charge on any atom is -0.496 e. The quantitative estimate of drug-likeness (QED) is 0.748. The molecule has 1 heterocycles. The number of halogens is 2. The maximum atomic E-state index is 13.0. The first kappa shape index (κ1) is 21.3. The number of nitrogens with one attached hydrogen (secondary N) is 1. The molecule has 1 aliphatic rings. The molecule has 3 rings (SSSR count). The highest BCUT2D eigenvalue weighted by Gasteiger charge is 2.30. The molecule has 2 amide bonds. The summed E-state index contributed by atoms with van der Waals surface area (Å²) < 4.78 is 10.7. The van der Waals surface area contributed by atoms with Gasteiger partial charge in [0.2, 0.25) is 5.91 Å². The fraction of sp³-hybridized carbons (Fsp3) is 0.333. The highest BCUT2D eigenvalue weighted by atomic mass is 35.5. The van der Waals surface area contributed by atoms with Crippen molar-refractivity contribution in [3.05, 3.63) is 52.0 Å². The molecule has 0 saturated carbocycles. The molecule has 6 nitrogen and oxygen atoms in total. The number of hydrogen-bond donors (Lipinski definition) is 1. The lowest BCUT2D eigenvalue weighted by molar-refractivity contribution is -0.121. The number of carbonyl (C=O) groups excluding carboxylic acids is 2. The average molecular weight is 437 g/mol. The van der Waals surface area contributed by atoms with Gasteiger partial charge in [0.1, 0.15) is 17.1 Å². The van der Waals surface area contributed by atoms with E-state index in [1.165, 1.54) is 14.2 Å². The van der Waals surface area contributed by atoms with Crippen molar-refractivity contribution in [3.8, 4) is 11.5 Å². The number of benzene rings is 2. The number of anilines is 1. The first-order valence-corrected chi connectivity index (χ1v) is 9.95. The van der Waals surface area contributed by atoms with Crippen molar-refractivity contribution in [1.29, 1.82) is 0 Å². The first-order chi connectivity index (χ1) is 13.9. The van der Waals surface area contributed by atoms with E-state index in [0.717, 1.165) is 0 Å². The third-order valence-corrected chi connectivity index (χ3v) is 5.36. The number of ether oxygens (including phenoxy) is 2. The molecule has 0 radical (unpaired) electrons. The molecule has 1 N–H and O–H groups in total. The second-order valence-corrected chi connectivity index (χ2v) is 7.62. The van der Waals surface area contributed by atoms with Gasteiger partial charge >= 0.3 is 0 Å². The van der Waals surface area contributed by atoms with Gasteiger partial charge in [-0.25, -0.2) is 0 Å². The van der Waals surface area contributed by atoms with Gasteiger partial charge in [-0.15, -0.1) is 0 Å². The van der Waals surface area contributed by atoms with Crippen molar-refractivity contribution < 1.29 is 19.1 Å². The zero-order valence-corrected chi connectivity index (χ0v) is 17.7. The van der Waals surface area contributed by atoms with E-state index >= 15 is 0 Å². The van der Waals surface area contributed by atoms with Crippen LogP contribution in [0.2, 0.25) is 10.0 Å². The fourth-order valence-electron chi connectivity index (χ4n) is 3.44. The van der Waals surface area contributed by atoms with Crippen LogP contribution in [0.3, 0.4) is 0 Å². The number of amides is 2. The lowest BCUT2D eigenvalue weighted by Crippen LogP contribution is -2.41. The van der Waals surface area contributed by atoms with Crippen LogP contribution in [0.4, 0.5) is 5.69 Å². The van der Waals surface area contributed by atoms with Crippen molar-refractivity contribution in [1.82, 2.24) is 4.90 Å². The Kier molecular flexibility index (Phi) is 6.87. The number of rotatable bonds is 5. The van der Waals surface area contributed by atoms with Crippen LogP contribution in [-0.2, 0) is 4.79 Å². The Balaban J connectivity index is 1.64. The van der Waals surface area contributed by atoms with Gasteiger partial charge in [-0.1, -0.05) is 29.3 Å². The zero-order chi connectivity index (χ0) is 21.0. The molecule has 1 saturated heterocycles. The van der Waals surface area contributed by atoms with Crippen molar-refractivity contribution >= 4 is 40.7 Å². The van der Waals surface area contributed by atoms with Crippen LogP contribution < -0.4 is 14.8 Å². The van der Waals surface area contributed by atoms with Crippen LogP contribution in [0.5, 0.6) is 11.5 Å². The molecule has 0 bridgehead atoms. The third kappa shape index (κ3) is 4.95. The predicted molar refractivity (Wildman–Crippen MR) is 113 cm³/mol. The summed E-state index contributed by atoms with van der Waals surface area (Å²) in [6.07, 6.45) is 1.12. The normalized spacial score (nSPS) is 14.4. The van der Waals surface area contributed by atoms with Crippen LogP contribution in [-0.4, -0.2) is 44.0 Å². The predicted octanol–water partition coefficient (Wildman–Crippen LogP) is 4.50. The summed E-state index contributed by atoms with van der Waals surface area (Å²) in [5, 5.41) is 3.77. The molecule has 0 unspecified atom stereocenters. The highest BCUT2D eigenvalue weighted by Crippen LogP contribution is 2.31. The molecule has 0 atom stereocenters. The van der Waals surface area contributed by atoms with Crippen molar-refractivity contribution in [2.24, 2.45) is 5.92 Å². The lowest BCUT2D eigenvalue weighted by atomic mass is 9.95. The minimum atomic E-state index is -0.198. The Bertz CT molecular complexity index is 869. The molecule has 1 aliphatic heterocycles. The van der Waals surface area contributed by atoms with E-state index in [1.54, 1.807) is 41.3 Å². The largest absolute Gasteiger partial charge is 0.496 e. The van der Waals surface area contributed by atoms with Crippen LogP contribution in [0, 0.1) is 5.92 Å². The van der Waals surface area contributed by atoms with Gasteiger partial charge in [0.05, 0.1) is 14.2 Å². The Hall–Kier alpha value is -2.44. The minimum absolute atomic E-state index is 0.106. The van der Waals surface area contributed by atoms with Gasteiger partial charge in [0, 0.05) is 34.7 Å². The van der Waals surface area contributed by atoms with Gasteiger partial charge in [0.25, 0.3) is 5.91 Å². The molecular formula is C21H22Cl2N2O4. The summed E-state index contributed by atoms with van der Waals surface area (Å²) in [5.74, 6) is 0.459. The Morgan fingerprint density at radius 2 is 1.55 bits per heavy atom. The zero-order valence-electron chi connectivity index (χ0n) is 16.2. The summed E-state index contributed by atoms with van der Waals surface area (Å²) in [6, 6.07) is 10.1. The molecule has 2 aromatic carbocycles. The maximum absolute atomic E-state index is 13.0. The number of methoxy groups -OCH3 is 2. The molecule has 29 heavy (non-hydrogen) atoms. The number of carbonyl (C=O) groups is 2. The maximum Gasteiger partial charge on any atom is 0.261 e. The average Bonchev–Trinajstić information content (AvgIpc) is 2.71. The molecule has 154 valence electrons. The Labute approximate surface area is 179 Å². The number of piperidine rings is 1. The molecule has 0 aliphatic carbocycles. The summed E-state index contributed by atoms with van der Waals surface area (Å²) in [7, 11) is 3.04. The van der Waals surface area contributed by atoms with Crippen LogP contribution in [0.1, 0.15) is 23.2 Å². The summed E-state index contributed by atoms with van der Waals surface area (Å²) in [5.41, 5.74) is 0.957. The van der Waals surface area contributed by atoms with E-state index in [0.29, 0.717) is 58.7 Å². The fourth-order valence-corrected chi connectivity index (χ4v) is 3.96. The topological polar surface area (TPSA) is 67.9 Å². The van der Waals surface area contributed by atoms with E-state index in [2.05, 4.69) is 5.32 Å². The number of nitrogens with zero attached hydrogens (tertiary/aromatic N) is 1. The van der Waals surface area contributed by atoms with E-state index in [-0.39, 0.29) is 17.7 Å². The summed E-state index contributed by atoms with van der Waals surface area (Å²) in [4.78, 5) is 27.4. The van der Waals surface area contributed by atoms with Crippen LogP contribution >= 0.6 is 23.2 Å². The molecule has 8 heteroatoms. The summed E-state index contributed by atoms with van der Waals surface area (Å²) in [6.45, 7) is 0.933. The highest BCUT2D eigenvalue weighted by molar-refractivity contribution is 6.35. The van der Waals surface area contributed by atoms with Crippen molar-refractivity contribution in [3.63, 3.8) is 0 Å². The number of hydrogen-bond acceptors (Lipinski definition) is 4. The molecule has 2 aromatic rings. The molecular weight excluding hydrogens is 415 g/mol. The van der Waals surface area contributed by atoms with Gasteiger partial charge < -0.3 is 19.7 Å². The lowest BCUT2D eigenvalue weighted by Gasteiger charge is -2.32. The smallest absolute Gasteiger partial charge is 0.261 e. The van der Waals surface area contributed by atoms with Gasteiger partial charge in [-0.2, -0.15) is 0 Å². The van der Waals surface area contributed by atoms with E-state index in [1.807, 2.05) is 0 Å². The first-order valence-electron chi connectivity index (χ1n) is 9.20. The third-order valence-electron chi connectivity index (χ3n) is 4.92. The van der Waals surface area contributed by atoms with E-state index < -0.39 is 0 Å². The molecule has 0 aromatic heterocycles. The standard InChI is InChI=1S/C21H22Cl2N2O4/c1-28-17-4-3-5-18(29-2)19(17)21(27)25-8-6-13(7-9-25)20(26)24-16-11-14(22)10-15(23)12-16/h3-5,10-13H,6-9H2,1-2H3,(H,24,26). The van der Waals surface area contributed by atoms with E-state index in [4.69, 9.17) is 32.7 Å². The second-order valence-electron chi connectivity index (χ2n) is 6.75. The van der Waals surface area contributed by atoms with Crippen molar-refractivity contribution in [2.45, 2.75) is 12.8 Å².